The van der Waals surface area contributed by atoms with Crippen LogP contribution < -0.4 is 0 Å². The van der Waals surface area contributed by atoms with E-state index in [-0.39, 0.29) is 5.41 Å². The third-order valence-corrected chi connectivity index (χ3v) is 6.48. The van der Waals surface area contributed by atoms with E-state index in [1.54, 1.807) is 0 Å². The summed E-state index contributed by atoms with van der Waals surface area (Å²) in [6.45, 7) is 0.655. The highest BCUT2D eigenvalue weighted by molar-refractivity contribution is 6.10. The van der Waals surface area contributed by atoms with Gasteiger partial charge in [0.1, 0.15) is 0 Å². The van der Waals surface area contributed by atoms with Crippen molar-refractivity contribution in [3.05, 3.63) is 82.6 Å². The molecular weight excluding hydrogens is 370 g/mol. The quantitative estimate of drug-likeness (QED) is 0.607. The Morgan fingerprint density at radius 2 is 1.93 bits per heavy atom. The van der Waals surface area contributed by atoms with Crippen molar-refractivity contribution in [2.45, 2.75) is 32.1 Å². The maximum atomic E-state index is 9.49. The Morgan fingerprint density at radius 3 is 2.80 bits per heavy atom. The van der Waals surface area contributed by atoms with Gasteiger partial charge in [-0.25, -0.2) is 0 Å². The fraction of sp³-hybridized carbons (Fsp3) is 0.269. The Balaban J connectivity index is 1.59. The average molecular weight is 391 g/mol. The van der Waals surface area contributed by atoms with Crippen LogP contribution in [-0.4, -0.2) is 12.3 Å². The van der Waals surface area contributed by atoms with Crippen molar-refractivity contribution < 1.29 is 4.74 Å². The van der Waals surface area contributed by atoms with Crippen LogP contribution in [0.4, 0.5) is 0 Å². The molecule has 5 rings (SSSR count). The van der Waals surface area contributed by atoms with E-state index in [4.69, 9.17) is 4.74 Å². The standard InChI is InChI=1S/C26H21N3O/c27-16-18-4-3-6-19(12-18)20-8-9-21-14-26(25(29-17-28)23(21)13-20)10-11-30-24-7-2-1-5-22(24)15-26/h1,3-6,8-9,12-13H,2,7,10-11,14-15H2. The zero-order valence-corrected chi connectivity index (χ0v) is 16.7. The van der Waals surface area contributed by atoms with Gasteiger partial charge < -0.3 is 4.74 Å². The zero-order valence-electron chi connectivity index (χ0n) is 16.7. The molecule has 30 heavy (non-hydrogen) atoms. The number of rotatable bonds is 1. The molecule has 0 N–H and O–H groups in total. The molecule has 0 amide bonds. The molecule has 4 nitrogen and oxygen atoms in total. The molecule has 2 aliphatic carbocycles. The number of hydrogen-bond acceptors (Lipinski definition) is 4. The summed E-state index contributed by atoms with van der Waals surface area (Å²) in [5.74, 6) is 1.11. The molecule has 146 valence electrons. The molecule has 0 fully saturated rings. The van der Waals surface area contributed by atoms with Gasteiger partial charge >= 0.3 is 0 Å². The molecular formula is C26H21N3O. The van der Waals surface area contributed by atoms with E-state index in [1.807, 2.05) is 24.3 Å². The Hall–Kier alpha value is -3.63. The van der Waals surface area contributed by atoms with Crippen LogP contribution in [0.2, 0.25) is 0 Å². The minimum Gasteiger partial charge on any atom is -0.498 e. The summed E-state index contributed by atoms with van der Waals surface area (Å²) in [6.07, 6.45) is 11.0. The lowest BCUT2D eigenvalue weighted by Gasteiger charge is -2.28. The lowest BCUT2D eigenvalue weighted by atomic mass is 9.74. The molecule has 2 aromatic rings. The highest BCUT2D eigenvalue weighted by Gasteiger charge is 2.45. The van der Waals surface area contributed by atoms with Crippen LogP contribution in [0.1, 0.15) is 42.4 Å². The van der Waals surface area contributed by atoms with Crippen molar-refractivity contribution >= 4 is 5.71 Å². The first-order valence-electron chi connectivity index (χ1n) is 10.3. The molecule has 0 saturated carbocycles. The molecule has 1 unspecified atom stereocenters. The summed E-state index contributed by atoms with van der Waals surface area (Å²) < 4.78 is 6.10. The number of hydrogen-bond donors (Lipinski definition) is 0. The van der Waals surface area contributed by atoms with Crippen molar-refractivity contribution in [2.24, 2.45) is 10.4 Å². The van der Waals surface area contributed by atoms with E-state index in [2.05, 4.69) is 47.6 Å². The van der Waals surface area contributed by atoms with E-state index in [1.165, 1.54) is 11.1 Å². The Morgan fingerprint density at radius 1 is 1.03 bits per heavy atom. The molecule has 1 heterocycles. The normalized spacial score (nSPS) is 23.3. The second-order valence-electron chi connectivity index (χ2n) is 8.25. The van der Waals surface area contributed by atoms with Gasteiger partial charge in [-0.1, -0.05) is 36.4 Å². The minimum atomic E-state index is -0.204. The summed E-state index contributed by atoms with van der Waals surface area (Å²) in [6, 6.07) is 16.2. The average Bonchev–Trinajstić information content (AvgIpc) is 2.94. The number of allylic oxidation sites excluding steroid dienone is 4. The second kappa shape index (κ2) is 7.32. The highest BCUT2D eigenvalue weighted by atomic mass is 16.5. The number of benzene rings is 2. The number of nitrogens with zero attached hydrogens (tertiary/aromatic N) is 3. The van der Waals surface area contributed by atoms with Crippen LogP contribution in [-0.2, 0) is 11.2 Å². The fourth-order valence-corrected chi connectivity index (χ4v) is 5.05. The van der Waals surface area contributed by atoms with Crippen molar-refractivity contribution in [3.8, 4) is 23.4 Å². The number of aliphatic imine (C=N–C) groups is 1. The zero-order chi connectivity index (χ0) is 20.6. The van der Waals surface area contributed by atoms with Gasteiger partial charge in [-0.3, -0.25) is 0 Å². The molecule has 1 spiro atoms. The van der Waals surface area contributed by atoms with Crippen molar-refractivity contribution in [1.82, 2.24) is 0 Å². The van der Waals surface area contributed by atoms with Crippen LogP contribution in [0.5, 0.6) is 0 Å². The summed E-state index contributed by atoms with van der Waals surface area (Å²) in [5.41, 5.74) is 6.89. The van der Waals surface area contributed by atoms with Gasteiger partial charge in [-0.15, -0.1) is 0 Å². The molecule has 0 radical (unpaired) electrons. The van der Waals surface area contributed by atoms with Gasteiger partial charge in [0, 0.05) is 17.4 Å². The van der Waals surface area contributed by atoms with Crippen molar-refractivity contribution in [1.29, 1.82) is 10.5 Å². The lowest BCUT2D eigenvalue weighted by molar-refractivity contribution is 0.183. The third-order valence-electron chi connectivity index (χ3n) is 6.48. The van der Waals surface area contributed by atoms with Gasteiger partial charge in [0.15, 0.2) is 0 Å². The topological polar surface area (TPSA) is 69.2 Å². The number of fused-ring (bicyclic) bond motifs is 1. The van der Waals surface area contributed by atoms with E-state index < -0.39 is 0 Å². The van der Waals surface area contributed by atoms with Crippen LogP contribution in [0.3, 0.4) is 0 Å². The number of nitriles is 2. The first-order valence-corrected chi connectivity index (χ1v) is 10.3. The predicted molar refractivity (Wildman–Crippen MR) is 115 cm³/mol. The molecule has 0 aromatic heterocycles. The number of ether oxygens (including phenoxy) is 1. The molecule has 0 saturated heterocycles. The van der Waals surface area contributed by atoms with Crippen LogP contribution in [0.25, 0.3) is 11.1 Å². The molecule has 1 atom stereocenters. The predicted octanol–water partition coefficient (Wildman–Crippen LogP) is 5.45. The SMILES string of the molecule is N#CN=C1c2cc(-c3cccc(C#N)c3)ccc2CC12CCOC1=C(C=CCC1)C2. The highest BCUT2D eigenvalue weighted by Crippen LogP contribution is 2.48. The molecule has 4 heteroatoms. The first kappa shape index (κ1) is 18.4. The van der Waals surface area contributed by atoms with Crippen LogP contribution in [0.15, 0.2) is 70.9 Å². The summed E-state index contributed by atoms with van der Waals surface area (Å²) in [4.78, 5) is 4.36. The van der Waals surface area contributed by atoms with E-state index in [0.717, 1.165) is 60.3 Å². The van der Waals surface area contributed by atoms with E-state index >= 15 is 0 Å². The Kier molecular flexibility index (Phi) is 4.49. The van der Waals surface area contributed by atoms with Gasteiger partial charge in [0.2, 0.25) is 6.19 Å². The fourth-order valence-electron chi connectivity index (χ4n) is 5.05. The molecule has 1 aliphatic heterocycles. The molecule has 2 aromatic carbocycles. The minimum absolute atomic E-state index is 0.204. The summed E-state index contributed by atoms with van der Waals surface area (Å²) in [7, 11) is 0. The molecule has 0 bridgehead atoms. The van der Waals surface area contributed by atoms with Gasteiger partial charge in [-0.2, -0.15) is 15.5 Å². The maximum Gasteiger partial charge on any atom is 0.205 e. The third kappa shape index (κ3) is 3.02. The smallest absolute Gasteiger partial charge is 0.205 e. The Bertz CT molecular complexity index is 1210. The molecule has 3 aliphatic rings. The second-order valence-corrected chi connectivity index (χ2v) is 8.25. The lowest BCUT2D eigenvalue weighted by Crippen LogP contribution is -2.29. The van der Waals surface area contributed by atoms with Gasteiger partial charge in [0.25, 0.3) is 0 Å². The van der Waals surface area contributed by atoms with E-state index in [0.29, 0.717) is 12.2 Å². The van der Waals surface area contributed by atoms with Gasteiger partial charge in [0.05, 0.1) is 29.7 Å². The largest absolute Gasteiger partial charge is 0.498 e. The maximum absolute atomic E-state index is 9.49. The monoisotopic (exact) mass is 391 g/mol. The first-order chi connectivity index (χ1) is 14.7. The Labute approximate surface area is 176 Å². The van der Waals surface area contributed by atoms with E-state index in [9.17, 15) is 10.5 Å². The van der Waals surface area contributed by atoms with Crippen molar-refractivity contribution in [3.63, 3.8) is 0 Å². The summed E-state index contributed by atoms with van der Waals surface area (Å²) >= 11 is 0. The van der Waals surface area contributed by atoms with Gasteiger partial charge in [-0.05, 0) is 66.1 Å². The van der Waals surface area contributed by atoms with Crippen molar-refractivity contribution in [2.75, 3.05) is 6.61 Å². The summed E-state index contributed by atoms with van der Waals surface area (Å²) in [5, 5.41) is 18.7. The van der Waals surface area contributed by atoms with Crippen LogP contribution >= 0.6 is 0 Å². The van der Waals surface area contributed by atoms with Crippen LogP contribution in [0, 0.1) is 28.2 Å².